The smallest absolute Gasteiger partial charge is 0.276 e. The fourth-order valence-electron chi connectivity index (χ4n) is 3.71. The number of carbonyl (C=O) groups excluding carboxylic acids is 1. The van der Waals surface area contributed by atoms with Crippen molar-refractivity contribution < 1.29 is 9.53 Å². The summed E-state index contributed by atoms with van der Waals surface area (Å²) in [7, 11) is 1.60. The van der Waals surface area contributed by atoms with E-state index in [4.69, 9.17) is 4.74 Å². The zero-order valence-corrected chi connectivity index (χ0v) is 18.0. The molecule has 154 valence electrons. The molecule has 1 amide bonds. The minimum atomic E-state index is -0.686. The van der Waals surface area contributed by atoms with Crippen molar-refractivity contribution in [1.29, 1.82) is 0 Å². The summed E-state index contributed by atoms with van der Waals surface area (Å²) >= 11 is 1.56. The third kappa shape index (κ3) is 3.45. The Morgan fingerprint density at radius 3 is 2.70 bits per heavy atom. The van der Waals surface area contributed by atoms with Gasteiger partial charge in [-0.15, -0.1) is 11.3 Å². The van der Waals surface area contributed by atoms with Gasteiger partial charge < -0.3 is 10.1 Å². The van der Waals surface area contributed by atoms with E-state index in [-0.39, 0.29) is 11.5 Å². The maximum Gasteiger partial charge on any atom is 0.276 e. The summed E-state index contributed by atoms with van der Waals surface area (Å²) in [6, 6.07) is 14.7. The summed E-state index contributed by atoms with van der Waals surface area (Å²) in [6.07, 6.45) is 0.456. The number of ether oxygens (including phenoxy) is 1. The predicted octanol–water partition coefficient (Wildman–Crippen LogP) is 4.20. The second-order valence-electron chi connectivity index (χ2n) is 7.09. The van der Waals surface area contributed by atoms with Crippen LogP contribution in [0.4, 0.5) is 0 Å². The summed E-state index contributed by atoms with van der Waals surface area (Å²) in [5.41, 5.74) is 1.40. The normalized spacial score (nSPS) is 12.2. The van der Waals surface area contributed by atoms with E-state index in [2.05, 4.69) is 10.4 Å². The van der Waals surface area contributed by atoms with E-state index in [0.29, 0.717) is 24.1 Å². The van der Waals surface area contributed by atoms with Crippen molar-refractivity contribution in [1.82, 2.24) is 15.1 Å². The fourth-order valence-corrected chi connectivity index (χ4v) is 4.84. The Balaban J connectivity index is 1.70. The Morgan fingerprint density at radius 1 is 1.20 bits per heavy atom. The molecule has 0 spiro atoms. The highest BCUT2D eigenvalue weighted by atomic mass is 32.1. The average Bonchev–Trinajstić information content (AvgIpc) is 3.17. The Hall–Kier alpha value is -3.19. The number of fused-ring (bicyclic) bond motifs is 3. The minimum absolute atomic E-state index is 0.229. The van der Waals surface area contributed by atoms with Gasteiger partial charge in [0.15, 0.2) is 0 Å². The lowest BCUT2D eigenvalue weighted by Gasteiger charge is -2.18. The summed E-state index contributed by atoms with van der Waals surface area (Å²) in [5.74, 6) is 0.472. The third-order valence-electron chi connectivity index (χ3n) is 5.23. The van der Waals surface area contributed by atoms with Crippen LogP contribution >= 0.6 is 11.3 Å². The number of amides is 1. The molecule has 6 nitrogen and oxygen atoms in total. The molecule has 2 aromatic heterocycles. The van der Waals surface area contributed by atoms with Gasteiger partial charge in [-0.3, -0.25) is 9.59 Å². The van der Waals surface area contributed by atoms with Crippen molar-refractivity contribution in [3.63, 3.8) is 0 Å². The van der Waals surface area contributed by atoms with E-state index >= 15 is 0 Å². The first kappa shape index (κ1) is 20.1. The molecule has 0 saturated carbocycles. The van der Waals surface area contributed by atoms with Gasteiger partial charge in [-0.05, 0) is 25.5 Å². The predicted molar refractivity (Wildman–Crippen MR) is 120 cm³/mol. The quantitative estimate of drug-likeness (QED) is 0.507. The maximum atomic E-state index is 13.3. The van der Waals surface area contributed by atoms with Gasteiger partial charge in [0.2, 0.25) is 5.91 Å². The van der Waals surface area contributed by atoms with Gasteiger partial charge in [-0.1, -0.05) is 43.3 Å². The first-order valence-corrected chi connectivity index (χ1v) is 10.7. The molecule has 4 aromatic rings. The maximum absolute atomic E-state index is 13.3. The molecule has 0 aliphatic heterocycles. The zero-order valence-electron chi connectivity index (χ0n) is 17.1. The number of hydrogen-bond acceptors (Lipinski definition) is 5. The van der Waals surface area contributed by atoms with Crippen LogP contribution in [0.3, 0.4) is 0 Å². The Labute approximate surface area is 178 Å². The van der Waals surface area contributed by atoms with Crippen molar-refractivity contribution in [2.24, 2.45) is 0 Å². The highest BCUT2D eigenvalue weighted by Crippen LogP contribution is 2.33. The zero-order chi connectivity index (χ0) is 21.3. The number of methoxy groups -OCH3 is 1. The van der Waals surface area contributed by atoms with E-state index in [1.54, 1.807) is 18.4 Å². The fraction of sp³-hybridized carbons (Fsp3) is 0.261. The van der Waals surface area contributed by atoms with Crippen LogP contribution in [0, 0.1) is 6.92 Å². The minimum Gasteiger partial charge on any atom is -0.496 e. The van der Waals surface area contributed by atoms with Crippen molar-refractivity contribution in [2.75, 3.05) is 7.11 Å². The number of aromatic nitrogens is 2. The summed E-state index contributed by atoms with van der Waals surface area (Å²) in [4.78, 5) is 26.3. The molecule has 0 bridgehead atoms. The van der Waals surface area contributed by atoms with Crippen molar-refractivity contribution in [3.8, 4) is 5.75 Å². The number of rotatable bonds is 6. The molecule has 7 heteroatoms. The van der Waals surface area contributed by atoms with Crippen LogP contribution in [0.1, 0.15) is 30.6 Å². The average molecular weight is 422 g/mol. The number of thiophene rings is 1. The topological polar surface area (TPSA) is 73.2 Å². The van der Waals surface area contributed by atoms with Crippen molar-refractivity contribution in [3.05, 3.63) is 70.1 Å². The van der Waals surface area contributed by atoms with E-state index in [0.717, 1.165) is 26.0 Å². The van der Waals surface area contributed by atoms with Gasteiger partial charge in [-0.25, -0.2) is 4.68 Å². The molecule has 1 N–H and O–H groups in total. The second kappa shape index (κ2) is 8.28. The third-order valence-corrected chi connectivity index (χ3v) is 6.51. The van der Waals surface area contributed by atoms with Crippen molar-refractivity contribution in [2.45, 2.75) is 32.9 Å². The van der Waals surface area contributed by atoms with E-state index < -0.39 is 6.04 Å². The monoisotopic (exact) mass is 421 g/mol. The first-order valence-electron chi connectivity index (χ1n) is 9.85. The number of carbonyl (C=O) groups is 1. The number of benzene rings is 2. The molecule has 4 rings (SSSR count). The van der Waals surface area contributed by atoms with Crippen LogP contribution < -0.4 is 15.6 Å². The van der Waals surface area contributed by atoms with E-state index in [1.165, 1.54) is 4.68 Å². The molecule has 1 atom stereocenters. The lowest BCUT2D eigenvalue weighted by Crippen LogP contribution is -2.38. The Morgan fingerprint density at radius 2 is 1.93 bits per heavy atom. The summed E-state index contributed by atoms with van der Waals surface area (Å²) in [5, 5.41) is 8.99. The van der Waals surface area contributed by atoms with E-state index in [1.807, 2.05) is 62.4 Å². The van der Waals surface area contributed by atoms with Crippen LogP contribution in [-0.4, -0.2) is 22.8 Å². The van der Waals surface area contributed by atoms with Crippen LogP contribution in [0.2, 0.25) is 0 Å². The van der Waals surface area contributed by atoms with Crippen LogP contribution in [0.5, 0.6) is 5.75 Å². The molecular weight excluding hydrogens is 398 g/mol. The highest BCUT2D eigenvalue weighted by molar-refractivity contribution is 7.26. The molecule has 2 aromatic carbocycles. The summed E-state index contributed by atoms with van der Waals surface area (Å²) in [6.45, 7) is 4.08. The first-order chi connectivity index (χ1) is 14.5. The number of nitrogens with zero attached hydrogens (tertiary/aromatic N) is 2. The molecule has 2 heterocycles. The van der Waals surface area contributed by atoms with Crippen LogP contribution in [-0.2, 0) is 11.3 Å². The SMILES string of the molecule is CC[C@@H](C(=O)NCc1ccccc1OC)n1nc(C)c2sc3ccccc3c2c1=O. The molecule has 0 saturated heterocycles. The largest absolute Gasteiger partial charge is 0.496 e. The highest BCUT2D eigenvalue weighted by Gasteiger charge is 2.24. The Kier molecular flexibility index (Phi) is 5.55. The van der Waals surface area contributed by atoms with Crippen molar-refractivity contribution >= 4 is 37.4 Å². The lowest BCUT2D eigenvalue weighted by molar-refractivity contribution is -0.125. The number of para-hydroxylation sites is 1. The molecular formula is C23H23N3O3S. The second-order valence-corrected chi connectivity index (χ2v) is 8.14. The molecule has 30 heavy (non-hydrogen) atoms. The lowest BCUT2D eigenvalue weighted by atomic mass is 10.1. The number of aryl methyl sites for hydroxylation is 1. The van der Waals surface area contributed by atoms with E-state index in [9.17, 15) is 9.59 Å². The van der Waals surface area contributed by atoms with Gasteiger partial charge in [0.25, 0.3) is 5.56 Å². The molecule has 0 aliphatic carbocycles. The Bertz CT molecular complexity index is 1290. The van der Waals surface area contributed by atoms with Gasteiger partial charge in [-0.2, -0.15) is 5.10 Å². The molecule has 0 fully saturated rings. The van der Waals surface area contributed by atoms with Gasteiger partial charge in [0.1, 0.15) is 11.8 Å². The molecule has 0 radical (unpaired) electrons. The van der Waals surface area contributed by atoms with Gasteiger partial charge >= 0.3 is 0 Å². The number of nitrogens with one attached hydrogen (secondary N) is 1. The molecule has 0 aliphatic rings. The van der Waals surface area contributed by atoms with Crippen LogP contribution in [0.25, 0.3) is 20.2 Å². The van der Waals surface area contributed by atoms with Crippen LogP contribution in [0.15, 0.2) is 53.3 Å². The molecule has 0 unspecified atom stereocenters. The number of hydrogen-bond donors (Lipinski definition) is 1. The summed E-state index contributed by atoms with van der Waals surface area (Å²) < 4.78 is 8.61. The standard InChI is InChI=1S/C23H23N3O3S/c1-4-17(22(27)24-13-15-9-5-7-11-18(15)29-3)26-23(28)20-16-10-6-8-12-19(16)30-21(20)14(2)25-26/h5-12,17H,4,13H2,1-3H3,(H,24,27)/t17-/m0/s1. The van der Waals surface area contributed by atoms with Gasteiger partial charge in [0.05, 0.1) is 22.9 Å². The van der Waals surface area contributed by atoms with Gasteiger partial charge in [0, 0.05) is 22.2 Å².